The van der Waals surface area contributed by atoms with Crippen molar-refractivity contribution in [3.05, 3.63) is 77.0 Å². The molecule has 0 spiro atoms. The molecule has 0 aliphatic carbocycles. The van der Waals surface area contributed by atoms with E-state index in [0.717, 1.165) is 29.3 Å². The molecule has 0 aliphatic heterocycles. The van der Waals surface area contributed by atoms with E-state index in [1.165, 1.54) is 12.3 Å². The van der Waals surface area contributed by atoms with E-state index in [0.29, 0.717) is 11.3 Å². The smallest absolute Gasteiger partial charge is 0.383 e. The van der Waals surface area contributed by atoms with Crippen LogP contribution in [0.5, 0.6) is 0 Å². The second-order valence-corrected chi connectivity index (χ2v) is 8.33. The van der Waals surface area contributed by atoms with Crippen LogP contribution >= 0.6 is 0 Å². The van der Waals surface area contributed by atoms with Gasteiger partial charge in [-0.3, -0.25) is 9.59 Å². The summed E-state index contributed by atoms with van der Waals surface area (Å²) in [6, 6.07) is 10.4. The molecule has 1 unspecified atom stereocenters. The van der Waals surface area contributed by atoms with Crippen LogP contribution in [0.25, 0.3) is 11.1 Å². The van der Waals surface area contributed by atoms with E-state index in [1.54, 1.807) is 31.2 Å². The Hall–Kier alpha value is -3.92. The number of carbonyl (C=O) groups is 2. The zero-order valence-corrected chi connectivity index (χ0v) is 19.3. The molecule has 1 atom stereocenters. The summed E-state index contributed by atoms with van der Waals surface area (Å²) in [4.78, 5) is 29.0. The number of nitrogens with one attached hydrogen (secondary N) is 2. The van der Waals surface area contributed by atoms with E-state index < -0.39 is 23.8 Å². The van der Waals surface area contributed by atoms with Crippen molar-refractivity contribution in [1.29, 1.82) is 0 Å². The van der Waals surface area contributed by atoms with Gasteiger partial charge in [0.25, 0.3) is 11.8 Å². The minimum atomic E-state index is -4.59. The lowest BCUT2D eigenvalue weighted by molar-refractivity contribution is -0.138. The Bertz CT molecular complexity index is 1260. The summed E-state index contributed by atoms with van der Waals surface area (Å²) < 4.78 is 38.8. The van der Waals surface area contributed by atoms with Gasteiger partial charge >= 0.3 is 6.18 Å². The Morgan fingerprint density at radius 2 is 1.80 bits per heavy atom. The molecule has 5 N–H and O–H groups in total. The summed E-state index contributed by atoms with van der Waals surface area (Å²) in [5.74, 6) is -1.13. The molecule has 184 valence electrons. The highest BCUT2D eigenvalue weighted by atomic mass is 19.4. The molecule has 1 aromatic heterocycles. The minimum absolute atomic E-state index is 0.0820. The molecule has 0 aliphatic rings. The highest BCUT2D eigenvalue weighted by Gasteiger charge is 2.31. The van der Waals surface area contributed by atoms with Gasteiger partial charge in [0.15, 0.2) is 6.10 Å². The molecule has 0 bridgehead atoms. The Balaban J connectivity index is 1.80. The largest absolute Gasteiger partial charge is 0.416 e. The predicted molar refractivity (Wildman–Crippen MR) is 126 cm³/mol. The van der Waals surface area contributed by atoms with Gasteiger partial charge in [0.05, 0.1) is 11.1 Å². The van der Waals surface area contributed by atoms with Crippen molar-refractivity contribution in [3.8, 4) is 11.1 Å². The molecule has 0 saturated heterocycles. The number of carbonyl (C=O) groups excluding carboxylic acids is 2. The molecule has 1 heterocycles. The predicted octanol–water partition coefficient (Wildman–Crippen LogP) is 4.47. The molecule has 0 radical (unpaired) electrons. The molecule has 3 aromatic rings. The Kier molecular flexibility index (Phi) is 7.45. The SMILES string of the molecule is Cc1cc(NC(=O)C(O)c2cccc(C(F)(F)F)c2)ccc1-c1cnc(N)c(C(=O)NC(C)C)c1. The highest BCUT2D eigenvalue weighted by molar-refractivity contribution is 6.00. The topological polar surface area (TPSA) is 117 Å². The van der Waals surface area contributed by atoms with Gasteiger partial charge in [-0.2, -0.15) is 13.2 Å². The van der Waals surface area contributed by atoms with Gasteiger partial charge in [-0.15, -0.1) is 0 Å². The van der Waals surface area contributed by atoms with Crippen LogP contribution in [0, 0.1) is 6.92 Å². The molecular weight excluding hydrogens is 461 g/mol. The number of benzene rings is 2. The number of rotatable bonds is 6. The standard InChI is InChI=1S/C25H25F3N4O3/c1-13(2)31-23(34)20-11-16(12-30-22(20)29)19-8-7-18(9-14(19)3)32-24(35)21(33)15-5-4-6-17(10-15)25(26,27)28/h4-13,21,33H,1-3H3,(H2,29,30)(H,31,34)(H,32,35). The monoisotopic (exact) mass is 486 g/mol. The number of nitrogens with two attached hydrogens (primary N) is 1. The second-order valence-electron chi connectivity index (χ2n) is 8.33. The number of aromatic nitrogens is 1. The van der Waals surface area contributed by atoms with E-state index in [1.807, 2.05) is 13.8 Å². The number of nitrogens with zero attached hydrogens (tertiary/aromatic N) is 1. The molecule has 2 amide bonds. The first-order valence-corrected chi connectivity index (χ1v) is 10.7. The molecule has 0 fully saturated rings. The maximum absolute atomic E-state index is 12.9. The summed E-state index contributed by atoms with van der Waals surface area (Å²) in [5.41, 5.74) is 7.38. The van der Waals surface area contributed by atoms with Crippen molar-refractivity contribution in [2.24, 2.45) is 0 Å². The third kappa shape index (κ3) is 6.15. The minimum Gasteiger partial charge on any atom is -0.383 e. The van der Waals surface area contributed by atoms with Crippen LogP contribution in [0.3, 0.4) is 0 Å². The normalized spacial score (nSPS) is 12.3. The van der Waals surface area contributed by atoms with E-state index in [2.05, 4.69) is 15.6 Å². The van der Waals surface area contributed by atoms with E-state index in [-0.39, 0.29) is 28.9 Å². The Labute approximate surface area is 200 Å². The fraction of sp³-hybridized carbons (Fsp3) is 0.240. The number of nitrogen functional groups attached to an aromatic ring is 1. The fourth-order valence-electron chi connectivity index (χ4n) is 3.46. The highest BCUT2D eigenvalue weighted by Crippen LogP contribution is 2.31. The van der Waals surface area contributed by atoms with Crippen molar-refractivity contribution >= 4 is 23.3 Å². The Morgan fingerprint density at radius 1 is 1.09 bits per heavy atom. The van der Waals surface area contributed by atoms with E-state index in [4.69, 9.17) is 5.73 Å². The Morgan fingerprint density at radius 3 is 2.43 bits per heavy atom. The van der Waals surface area contributed by atoms with E-state index >= 15 is 0 Å². The second kappa shape index (κ2) is 10.1. The number of anilines is 2. The zero-order chi connectivity index (χ0) is 25.9. The maximum atomic E-state index is 12.9. The lowest BCUT2D eigenvalue weighted by Crippen LogP contribution is -2.30. The number of halogens is 3. The van der Waals surface area contributed by atoms with Crippen molar-refractivity contribution in [2.45, 2.75) is 39.1 Å². The molecule has 35 heavy (non-hydrogen) atoms. The lowest BCUT2D eigenvalue weighted by Gasteiger charge is -2.15. The van der Waals surface area contributed by atoms with Crippen LogP contribution < -0.4 is 16.4 Å². The number of pyridine rings is 1. The van der Waals surface area contributed by atoms with Crippen molar-refractivity contribution in [1.82, 2.24) is 10.3 Å². The third-order valence-electron chi connectivity index (χ3n) is 5.17. The fourth-order valence-corrected chi connectivity index (χ4v) is 3.46. The number of hydrogen-bond donors (Lipinski definition) is 4. The molecule has 10 heteroatoms. The first kappa shape index (κ1) is 25.7. The number of alkyl halides is 3. The van der Waals surface area contributed by atoms with E-state index in [9.17, 15) is 27.9 Å². The molecule has 2 aromatic carbocycles. The average molecular weight is 486 g/mol. The summed E-state index contributed by atoms with van der Waals surface area (Å²) in [6.07, 6.45) is -4.86. The van der Waals surface area contributed by atoms with Crippen molar-refractivity contribution < 1.29 is 27.9 Å². The first-order valence-electron chi connectivity index (χ1n) is 10.7. The van der Waals surface area contributed by atoms with Gasteiger partial charge < -0.3 is 21.5 Å². The van der Waals surface area contributed by atoms with Gasteiger partial charge in [-0.25, -0.2) is 4.98 Å². The van der Waals surface area contributed by atoms with Crippen LogP contribution in [0.1, 0.15) is 47.0 Å². The van der Waals surface area contributed by atoms with Crippen LogP contribution in [-0.2, 0) is 11.0 Å². The number of aliphatic hydroxyl groups excluding tert-OH is 1. The molecule has 3 rings (SSSR count). The number of aliphatic hydroxyl groups is 1. The molecule has 7 nitrogen and oxygen atoms in total. The van der Waals surface area contributed by atoms with Gasteiger partial charge in [0.1, 0.15) is 5.82 Å². The van der Waals surface area contributed by atoms with Gasteiger partial charge in [-0.1, -0.05) is 18.2 Å². The summed E-state index contributed by atoms with van der Waals surface area (Å²) in [5, 5.41) is 15.6. The number of hydrogen-bond acceptors (Lipinski definition) is 5. The summed E-state index contributed by atoms with van der Waals surface area (Å²) in [7, 11) is 0. The third-order valence-corrected chi connectivity index (χ3v) is 5.17. The summed E-state index contributed by atoms with van der Waals surface area (Å²) in [6.45, 7) is 5.43. The molecule has 0 saturated carbocycles. The zero-order valence-electron chi connectivity index (χ0n) is 19.3. The van der Waals surface area contributed by atoms with Gasteiger partial charge in [-0.05, 0) is 67.8 Å². The van der Waals surface area contributed by atoms with Crippen LogP contribution in [-0.4, -0.2) is 27.9 Å². The number of aryl methyl sites for hydroxylation is 1. The van der Waals surface area contributed by atoms with Gasteiger partial charge in [0.2, 0.25) is 0 Å². The maximum Gasteiger partial charge on any atom is 0.416 e. The van der Waals surface area contributed by atoms with Crippen molar-refractivity contribution in [3.63, 3.8) is 0 Å². The van der Waals surface area contributed by atoms with Crippen molar-refractivity contribution in [2.75, 3.05) is 11.1 Å². The van der Waals surface area contributed by atoms with Crippen LogP contribution in [0.4, 0.5) is 24.7 Å². The summed E-state index contributed by atoms with van der Waals surface area (Å²) >= 11 is 0. The lowest BCUT2D eigenvalue weighted by atomic mass is 9.99. The quantitative estimate of drug-likeness (QED) is 0.410. The molecular formula is C25H25F3N4O3. The first-order chi connectivity index (χ1) is 16.4. The van der Waals surface area contributed by atoms with Gasteiger partial charge in [0, 0.05) is 23.5 Å². The van der Waals surface area contributed by atoms with Crippen LogP contribution in [0.2, 0.25) is 0 Å². The average Bonchev–Trinajstić information content (AvgIpc) is 2.78. The van der Waals surface area contributed by atoms with Crippen LogP contribution in [0.15, 0.2) is 54.7 Å². The number of amides is 2.